The fraction of sp³-hybridized carbons (Fsp3) is 0.727. The molecule has 1 heterocycles. The first-order chi connectivity index (χ1) is 7.34. The summed E-state index contributed by atoms with van der Waals surface area (Å²) in [5.41, 5.74) is 5.61. The van der Waals surface area contributed by atoms with Crippen molar-refractivity contribution >= 4 is 21.5 Å². The zero-order chi connectivity index (χ0) is 10.5. The van der Waals surface area contributed by atoms with Gasteiger partial charge < -0.3 is 11.1 Å². The normalized spacial score (nSPS) is 17.9. The van der Waals surface area contributed by atoms with E-state index in [0.29, 0.717) is 0 Å². The Morgan fingerprint density at radius 1 is 1.40 bits per heavy atom. The lowest BCUT2D eigenvalue weighted by atomic mass is 9.87. The van der Waals surface area contributed by atoms with Gasteiger partial charge in [0.1, 0.15) is 5.00 Å². The molecule has 1 aromatic heterocycles. The molecule has 0 spiro atoms. The second kappa shape index (κ2) is 5.35. The Labute approximate surface area is 95.1 Å². The standard InChI is InChI=1S/C11H19N3S/c12-10-8-14-11(15-10)13-7-6-9-4-2-1-3-5-9/h8-9H,1-7,12H2,(H,13,14). The lowest BCUT2D eigenvalue weighted by molar-refractivity contribution is 0.345. The van der Waals surface area contributed by atoms with Gasteiger partial charge in [0.2, 0.25) is 0 Å². The first-order valence-electron chi connectivity index (χ1n) is 5.80. The van der Waals surface area contributed by atoms with Crippen LogP contribution in [0.15, 0.2) is 6.20 Å². The quantitative estimate of drug-likeness (QED) is 0.828. The summed E-state index contributed by atoms with van der Waals surface area (Å²) in [5, 5.41) is 5.09. The zero-order valence-corrected chi connectivity index (χ0v) is 9.85. The van der Waals surface area contributed by atoms with Gasteiger partial charge in [0, 0.05) is 6.54 Å². The van der Waals surface area contributed by atoms with Gasteiger partial charge in [-0.1, -0.05) is 43.4 Å². The molecule has 1 aliphatic rings. The number of rotatable bonds is 4. The Balaban J connectivity index is 1.65. The third-order valence-corrected chi connectivity index (χ3v) is 3.86. The van der Waals surface area contributed by atoms with Gasteiger partial charge in [-0.3, -0.25) is 0 Å². The van der Waals surface area contributed by atoms with Crippen molar-refractivity contribution in [2.45, 2.75) is 38.5 Å². The molecule has 1 aliphatic carbocycles. The predicted octanol–water partition coefficient (Wildman–Crippen LogP) is 3.11. The number of nitrogens with one attached hydrogen (secondary N) is 1. The largest absolute Gasteiger partial charge is 0.389 e. The predicted molar refractivity (Wildman–Crippen MR) is 66.2 cm³/mol. The van der Waals surface area contributed by atoms with Crippen molar-refractivity contribution in [3.8, 4) is 0 Å². The monoisotopic (exact) mass is 225 g/mol. The molecule has 0 aromatic carbocycles. The summed E-state index contributed by atoms with van der Waals surface area (Å²) < 4.78 is 0. The van der Waals surface area contributed by atoms with Gasteiger partial charge in [-0.2, -0.15) is 0 Å². The topological polar surface area (TPSA) is 50.9 Å². The van der Waals surface area contributed by atoms with E-state index in [1.807, 2.05) is 0 Å². The van der Waals surface area contributed by atoms with Gasteiger partial charge in [-0.05, 0) is 12.3 Å². The Kier molecular flexibility index (Phi) is 3.83. The van der Waals surface area contributed by atoms with Crippen LogP contribution >= 0.6 is 11.3 Å². The van der Waals surface area contributed by atoms with Crippen molar-refractivity contribution in [1.29, 1.82) is 0 Å². The van der Waals surface area contributed by atoms with Crippen LogP contribution in [-0.4, -0.2) is 11.5 Å². The van der Waals surface area contributed by atoms with Gasteiger partial charge in [-0.25, -0.2) is 4.98 Å². The van der Waals surface area contributed by atoms with E-state index in [-0.39, 0.29) is 0 Å². The second-order valence-electron chi connectivity index (χ2n) is 4.29. The highest BCUT2D eigenvalue weighted by Gasteiger charge is 2.12. The molecule has 3 N–H and O–H groups in total. The van der Waals surface area contributed by atoms with E-state index >= 15 is 0 Å². The summed E-state index contributed by atoms with van der Waals surface area (Å²) in [4.78, 5) is 4.18. The molecule has 3 nitrogen and oxygen atoms in total. The molecule has 1 aromatic rings. The minimum Gasteiger partial charge on any atom is -0.389 e. The SMILES string of the molecule is Nc1cnc(NCCC2CCCCC2)s1. The van der Waals surface area contributed by atoms with Crippen LogP contribution in [0.1, 0.15) is 38.5 Å². The van der Waals surface area contributed by atoms with E-state index in [2.05, 4.69) is 10.3 Å². The third-order valence-electron chi connectivity index (χ3n) is 3.08. The van der Waals surface area contributed by atoms with Crippen LogP contribution < -0.4 is 11.1 Å². The Bertz CT molecular complexity index is 292. The molecule has 0 bridgehead atoms. The molecule has 0 saturated heterocycles. The molecular formula is C11H19N3S. The molecule has 15 heavy (non-hydrogen) atoms. The summed E-state index contributed by atoms with van der Waals surface area (Å²) in [6.07, 6.45) is 10.1. The smallest absolute Gasteiger partial charge is 0.184 e. The van der Waals surface area contributed by atoms with Crippen LogP contribution in [0.25, 0.3) is 0 Å². The van der Waals surface area contributed by atoms with Crippen LogP contribution in [0.2, 0.25) is 0 Å². The molecular weight excluding hydrogens is 206 g/mol. The maximum Gasteiger partial charge on any atom is 0.184 e. The van der Waals surface area contributed by atoms with E-state index in [1.54, 1.807) is 6.20 Å². The molecule has 1 fully saturated rings. The first-order valence-corrected chi connectivity index (χ1v) is 6.61. The van der Waals surface area contributed by atoms with E-state index in [4.69, 9.17) is 5.73 Å². The van der Waals surface area contributed by atoms with Gasteiger partial charge in [-0.15, -0.1) is 0 Å². The summed E-state index contributed by atoms with van der Waals surface area (Å²) in [6, 6.07) is 0. The molecule has 4 heteroatoms. The minimum absolute atomic E-state index is 0.787. The molecule has 2 rings (SSSR count). The summed E-state index contributed by atoms with van der Waals surface area (Å²) >= 11 is 1.53. The summed E-state index contributed by atoms with van der Waals surface area (Å²) in [6.45, 7) is 1.04. The molecule has 0 atom stereocenters. The number of aromatic nitrogens is 1. The van der Waals surface area contributed by atoms with Crippen LogP contribution in [0.3, 0.4) is 0 Å². The maximum absolute atomic E-state index is 5.61. The number of anilines is 2. The average Bonchev–Trinajstić information content (AvgIpc) is 2.66. The van der Waals surface area contributed by atoms with Crippen molar-refractivity contribution in [3.05, 3.63) is 6.20 Å². The van der Waals surface area contributed by atoms with Crippen LogP contribution in [0.4, 0.5) is 10.1 Å². The van der Waals surface area contributed by atoms with Gasteiger partial charge in [0.15, 0.2) is 5.13 Å². The number of nitrogen functional groups attached to an aromatic ring is 1. The molecule has 84 valence electrons. The number of nitrogens with two attached hydrogens (primary N) is 1. The van der Waals surface area contributed by atoms with E-state index in [1.165, 1.54) is 49.9 Å². The average molecular weight is 225 g/mol. The highest BCUT2D eigenvalue weighted by atomic mass is 32.1. The molecule has 0 unspecified atom stereocenters. The summed E-state index contributed by atoms with van der Waals surface area (Å²) in [5.74, 6) is 0.934. The van der Waals surface area contributed by atoms with Crippen molar-refractivity contribution in [2.24, 2.45) is 5.92 Å². The molecule has 0 radical (unpaired) electrons. The lowest BCUT2D eigenvalue weighted by Gasteiger charge is -2.21. The Morgan fingerprint density at radius 3 is 2.87 bits per heavy atom. The molecule has 0 amide bonds. The van der Waals surface area contributed by atoms with Crippen LogP contribution in [-0.2, 0) is 0 Å². The fourth-order valence-corrected chi connectivity index (χ4v) is 2.84. The van der Waals surface area contributed by atoms with Crippen LogP contribution in [0, 0.1) is 5.92 Å². The van der Waals surface area contributed by atoms with E-state index in [9.17, 15) is 0 Å². The Hall–Kier alpha value is -0.770. The fourth-order valence-electron chi connectivity index (χ4n) is 2.23. The van der Waals surface area contributed by atoms with E-state index < -0.39 is 0 Å². The number of hydrogen-bond acceptors (Lipinski definition) is 4. The second-order valence-corrected chi connectivity index (χ2v) is 5.35. The number of hydrogen-bond donors (Lipinski definition) is 2. The summed E-state index contributed by atoms with van der Waals surface area (Å²) in [7, 11) is 0. The minimum atomic E-state index is 0.787. The van der Waals surface area contributed by atoms with Crippen molar-refractivity contribution < 1.29 is 0 Å². The van der Waals surface area contributed by atoms with Crippen molar-refractivity contribution in [3.63, 3.8) is 0 Å². The van der Waals surface area contributed by atoms with E-state index in [0.717, 1.165) is 22.6 Å². The number of thiazole rings is 1. The van der Waals surface area contributed by atoms with Crippen LogP contribution in [0.5, 0.6) is 0 Å². The van der Waals surface area contributed by atoms with Gasteiger partial charge in [0.25, 0.3) is 0 Å². The molecule has 1 saturated carbocycles. The lowest BCUT2D eigenvalue weighted by Crippen LogP contribution is -2.11. The van der Waals surface area contributed by atoms with Gasteiger partial charge >= 0.3 is 0 Å². The Morgan fingerprint density at radius 2 is 2.20 bits per heavy atom. The highest BCUT2D eigenvalue weighted by Crippen LogP contribution is 2.26. The van der Waals surface area contributed by atoms with Gasteiger partial charge in [0.05, 0.1) is 6.20 Å². The van der Waals surface area contributed by atoms with Crippen molar-refractivity contribution in [2.75, 3.05) is 17.6 Å². The first kappa shape index (κ1) is 10.7. The maximum atomic E-state index is 5.61. The molecule has 0 aliphatic heterocycles. The third kappa shape index (κ3) is 3.38. The highest BCUT2D eigenvalue weighted by molar-refractivity contribution is 7.19. The number of nitrogens with zero attached hydrogens (tertiary/aromatic N) is 1. The zero-order valence-electron chi connectivity index (χ0n) is 9.04. The van der Waals surface area contributed by atoms with Crippen molar-refractivity contribution in [1.82, 2.24) is 4.98 Å².